The molecule has 3 aliphatic heterocycles. The lowest BCUT2D eigenvalue weighted by Gasteiger charge is -2.16. The third-order valence-electron chi connectivity index (χ3n) is 12.4. The van der Waals surface area contributed by atoms with E-state index in [2.05, 4.69) is 0 Å². The predicted molar refractivity (Wildman–Crippen MR) is 284 cm³/mol. The van der Waals surface area contributed by atoms with E-state index in [1.165, 1.54) is 42.5 Å². The second-order valence-corrected chi connectivity index (χ2v) is 17.2. The van der Waals surface area contributed by atoms with Crippen LogP contribution in [0.1, 0.15) is 31.1 Å². The van der Waals surface area contributed by atoms with Gasteiger partial charge in [0, 0.05) is 97.3 Å². The number of phenolic OH excluding ortho intramolecular Hbond substituents is 1. The molecule has 0 aromatic heterocycles. The zero-order chi connectivity index (χ0) is 52.7. The summed E-state index contributed by atoms with van der Waals surface area (Å²) in [6.45, 7) is 0. The Hall–Kier alpha value is -10.8. The molecule has 15 heteroatoms. The molecule has 0 fully saturated rings. The number of anilines is 2. The number of rotatable bonds is 6. The smallest absolute Gasteiger partial charge is 0.336 e. The van der Waals surface area contributed by atoms with E-state index in [0.29, 0.717) is 95.1 Å². The van der Waals surface area contributed by atoms with Crippen molar-refractivity contribution < 1.29 is 53.5 Å². The van der Waals surface area contributed by atoms with E-state index in [1.807, 2.05) is 18.2 Å². The minimum atomic E-state index is -1.04. The van der Waals surface area contributed by atoms with Gasteiger partial charge >= 0.3 is 17.9 Å². The Kier molecular flexibility index (Phi) is 12.4. The van der Waals surface area contributed by atoms with Crippen molar-refractivity contribution in [3.05, 3.63) is 224 Å². The Morgan fingerprint density at radius 2 is 0.733 bits per heavy atom. The highest BCUT2D eigenvalue weighted by Gasteiger charge is 2.25. The van der Waals surface area contributed by atoms with E-state index in [9.17, 15) is 44.4 Å². The number of aromatic carboxylic acids is 3. The zero-order valence-corrected chi connectivity index (χ0v) is 39.1. The average Bonchev–Trinajstić information content (AvgIpc) is 3.39. The summed E-state index contributed by atoms with van der Waals surface area (Å²) >= 11 is 0. The van der Waals surface area contributed by atoms with Crippen LogP contribution in [0.15, 0.2) is 205 Å². The van der Waals surface area contributed by atoms with Crippen LogP contribution in [0.3, 0.4) is 0 Å². The number of phenols is 1. The highest BCUT2D eigenvalue weighted by molar-refractivity contribution is 6.10. The SMILES string of the molecule is Nc1ccc2c(-c3ccccc3C(=O)O)c3ccc(=O)cc-3oc2c1.Nc1ccc2c(-c3ccccc3C(=O)O)c3ccc(=[NH2+])cc-3oc2c1.O=C(O)c1ccccc1-c1c2ccc(=O)cc-2oc2cc(O)ccc12. The average molecular weight is 995 g/mol. The molecular formula is C60H40N3O12+. The van der Waals surface area contributed by atoms with E-state index in [1.54, 1.807) is 121 Å². The van der Waals surface area contributed by atoms with Crippen LogP contribution >= 0.6 is 0 Å². The number of aromatic hydroxyl groups is 1. The Bertz CT molecular complexity index is 3920. The maximum Gasteiger partial charge on any atom is 0.336 e. The Labute approximate surface area is 423 Å². The molecule has 0 saturated carbocycles. The molecule has 0 atom stereocenters. The first kappa shape index (κ1) is 47.9. The highest BCUT2D eigenvalue weighted by Crippen LogP contribution is 2.44. The van der Waals surface area contributed by atoms with Crippen LogP contribution in [0, 0.1) is 0 Å². The first-order valence-electron chi connectivity index (χ1n) is 22.9. The molecule has 0 radical (unpaired) electrons. The molecule has 6 aromatic rings. The number of nitrogens with two attached hydrogens (primary N) is 3. The summed E-state index contributed by atoms with van der Waals surface area (Å²) in [6.07, 6.45) is 0. The van der Waals surface area contributed by atoms with Crippen molar-refractivity contribution >= 4 is 62.2 Å². The van der Waals surface area contributed by atoms with Gasteiger partial charge < -0.3 is 45.1 Å². The van der Waals surface area contributed by atoms with Crippen LogP contribution in [0.25, 0.3) is 100 Å². The van der Waals surface area contributed by atoms with Crippen LogP contribution in [0.5, 0.6) is 5.75 Å². The lowest BCUT2D eigenvalue weighted by atomic mass is 9.91. The quantitative estimate of drug-likeness (QED) is 0.0603. The van der Waals surface area contributed by atoms with E-state index < -0.39 is 17.9 Å². The molecule has 3 aliphatic carbocycles. The Morgan fingerprint density at radius 3 is 1.13 bits per heavy atom. The molecule has 10 N–H and O–H groups in total. The third kappa shape index (κ3) is 9.22. The summed E-state index contributed by atoms with van der Waals surface area (Å²) in [5.41, 5.74) is 20.3. The normalized spacial score (nSPS) is 11.0. The van der Waals surface area contributed by atoms with Gasteiger partial charge in [-0.3, -0.25) is 15.0 Å². The number of carboxylic acids is 3. The van der Waals surface area contributed by atoms with Crippen LogP contribution < -0.4 is 33.1 Å². The monoisotopic (exact) mass is 994 g/mol. The number of benzene rings is 9. The van der Waals surface area contributed by atoms with Crippen LogP contribution in [-0.2, 0) is 0 Å². The molecule has 3 heterocycles. The van der Waals surface area contributed by atoms with Crippen molar-refractivity contribution in [2.45, 2.75) is 0 Å². The summed E-state index contributed by atoms with van der Waals surface area (Å²) in [5.74, 6) is -1.73. The molecular weight excluding hydrogens is 955 g/mol. The highest BCUT2D eigenvalue weighted by atomic mass is 16.4. The molecule has 6 aliphatic rings. The second-order valence-electron chi connectivity index (χ2n) is 17.2. The molecule has 6 aromatic carbocycles. The van der Waals surface area contributed by atoms with Crippen LogP contribution in [0.4, 0.5) is 11.4 Å². The van der Waals surface area contributed by atoms with Crippen LogP contribution in [0.2, 0.25) is 0 Å². The van der Waals surface area contributed by atoms with Gasteiger partial charge in [0.2, 0.25) is 0 Å². The fourth-order valence-corrected chi connectivity index (χ4v) is 9.20. The summed E-state index contributed by atoms with van der Waals surface area (Å²) in [6, 6.07) is 49.7. The zero-order valence-electron chi connectivity index (χ0n) is 39.1. The first-order valence-corrected chi connectivity index (χ1v) is 22.9. The maximum atomic E-state index is 11.7. The van der Waals surface area contributed by atoms with Gasteiger partial charge in [-0.05, 0) is 102 Å². The van der Waals surface area contributed by atoms with Crippen molar-refractivity contribution in [2.75, 3.05) is 11.5 Å². The molecule has 12 rings (SSSR count). The van der Waals surface area contributed by atoms with E-state index >= 15 is 0 Å². The molecule has 0 bridgehead atoms. The van der Waals surface area contributed by atoms with Crippen molar-refractivity contribution in [1.29, 1.82) is 0 Å². The largest absolute Gasteiger partial charge is 0.508 e. The molecule has 0 saturated heterocycles. The minimum Gasteiger partial charge on any atom is -0.508 e. The standard InChI is InChI=1S/C20H14N2O3.C20H13NO4.C20H12O5/c3*21-11-5-7-15-17(9-11)25-18-10-12(22)6-8-16(18)19(15)13-3-1-2-4-14(13)20(23)24/h1-10,21H,22H2,(H,23,24);1-10H,21H2,(H,23,24);1-10,21H,(H,23,24)/p+1. The van der Waals surface area contributed by atoms with Gasteiger partial charge in [-0.2, -0.15) is 0 Å². The van der Waals surface area contributed by atoms with Crippen molar-refractivity contribution in [1.82, 2.24) is 0 Å². The Balaban J connectivity index is 0.000000128. The van der Waals surface area contributed by atoms with Gasteiger partial charge in [0.25, 0.3) is 0 Å². The van der Waals surface area contributed by atoms with Crippen molar-refractivity contribution in [2.24, 2.45) is 0 Å². The molecule has 15 nitrogen and oxygen atoms in total. The second kappa shape index (κ2) is 19.4. The van der Waals surface area contributed by atoms with E-state index in [0.717, 1.165) is 21.9 Å². The number of nitrogen functional groups attached to an aromatic ring is 2. The van der Waals surface area contributed by atoms with Crippen molar-refractivity contribution in [3.63, 3.8) is 0 Å². The van der Waals surface area contributed by atoms with E-state index in [4.69, 9.17) is 30.1 Å². The predicted octanol–water partition coefficient (Wildman–Crippen LogP) is 9.96. The number of carboxylic acid groups (broad SMARTS) is 3. The maximum absolute atomic E-state index is 11.7. The molecule has 0 amide bonds. The van der Waals surface area contributed by atoms with Gasteiger partial charge in [-0.15, -0.1) is 0 Å². The molecule has 0 unspecified atom stereocenters. The summed E-state index contributed by atoms with van der Waals surface area (Å²) in [5, 5.41) is 47.1. The van der Waals surface area contributed by atoms with Gasteiger partial charge in [-0.25, -0.2) is 14.4 Å². The number of hydrogen-bond acceptors (Lipinski definition) is 11. The minimum absolute atomic E-state index is 0.0198. The first-order chi connectivity index (χ1) is 36.1. The number of fused-ring (bicyclic) bond motifs is 6. The van der Waals surface area contributed by atoms with E-state index in [-0.39, 0.29) is 33.3 Å². The van der Waals surface area contributed by atoms with Gasteiger partial charge in [0.05, 0.1) is 22.8 Å². The third-order valence-corrected chi connectivity index (χ3v) is 12.4. The lowest BCUT2D eigenvalue weighted by molar-refractivity contribution is -0.172. The molecule has 75 heavy (non-hydrogen) atoms. The van der Waals surface area contributed by atoms with Gasteiger partial charge in [0.15, 0.2) is 16.2 Å². The summed E-state index contributed by atoms with van der Waals surface area (Å²) in [4.78, 5) is 58.5. The van der Waals surface area contributed by atoms with Gasteiger partial charge in [-0.1, -0.05) is 54.6 Å². The van der Waals surface area contributed by atoms with Crippen LogP contribution in [-0.4, -0.2) is 38.3 Å². The molecule has 366 valence electrons. The summed E-state index contributed by atoms with van der Waals surface area (Å²) < 4.78 is 17.6. The Morgan fingerprint density at radius 1 is 0.387 bits per heavy atom. The van der Waals surface area contributed by atoms with Crippen molar-refractivity contribution in [3.8, 4) is 73.1 Å². The summed E-state index contributed by atoms with van der Waals surface area (Å²) in [7, 11) is 0. The number of carbonyl (C=O) groups is 3. The lowest BCUT2D eigenvalue weighted by Crippen LogP contribution is -2.44. The number of hydrogen-bond donors (Lipinski definition) is 7. The van der Waals surface area contributed by atoms with Gasteiger partial charge in [0.1, 0.15) is 39.8 Å². The fraction of sp³-hybridized carbons (Fsp3) is 0. The molecule has 0 spiro atoms. The topological polar surface area (TPSA) is 283 Å². The fourth-order valence-electron chi connectivity index (χ4n) is 9.20.